The molecule has 32 heavy (non-hydrogen) atoms. The summed E-state index contributed by atoms with van der Waals surface area (Å²) >= 11 is 6.06. The highest BCUT2D eigenvalue weighted by Crippen LogP contribution is 2.20. The Kier molecular flexibility index (Phi) is 7.79. The molecule has 0 saturated carbocycles. The number of esters is 1. The van der Waals surface area contributed by atoms with Crippen molar-refractivity contribution in [1.82, 2.24) is 5.32 Å². The molecule has 3 aromatic carbocycles. The molecule has 5 nitrogen and oxygen atoms in total. The topological polar surface area (TPSA) is 72.5 Å². The highest BCUT2D eigenvalue weighted by Gasteiger charge is 2.27. The van der Waals surface area contributed by atoms with Crippen LogP contribution in [0.15, 0.2) is 78.9 Å². The SMILES string of the molecule is CC(C)[C@H](NC(=O)c1ccccc1Cl)C(=O)OCC(=O)c1ccc(-c2ccccc2)cc1. The minimum Gasteiger partial charge on any atom is -0.456 e. The number of carbonyl (C=O) groups excluding carboxylic acids is 3. The summed E-state index contributed by atoms with van der Waals surface area (Å²) in [5.41, 5.74) is 2.74. The molecule has 0 aliphatic heterocycles. The Hall–Kier alpha value is -3.44. The van der Waals surface area contributed by atoms with Crippen molar-refractivity contribution in [1.29, 1.82) is 0 Å². The van der Waals surface area contributed by atoms with Gasteiger partial charge in [0.1, 0.15) is 6.04 Å². The molecule has 0 bridgehead atoms. The van der Waals surface area contributed by atoms with Crippen LogP contribution in [0.2, 0.25) is 5.02 Å². The van der Waals surface area contributed by atoms with E-state index in [1.165, 1.54) is 0 Å². The molecule has 0 unspecified atom stereocenters. The highest BCUT2D eigenvalue weighted by molar-refractivity contribution is 6.33. The van der Waals surface area contributed by atoms with Crippen LogP contribution in [0.1, 0.15) is 34.6 Å². The number of carbonyl (C=O) groups is 3. The Balaban J connectivity index is 1.60. The van der Waals surface area contributed by atoms with E-state index in [9.17, 15) is 14.4 Å². The Morgan fingerprint density at radius 2 is 1.44 bits per heavy atom. The first-order chi connectivity index (χ1) is 15.4. The standard InChI is InChI=1S/C26H24ClNO4/c1-17(2)24(28-25(30)21-10-6-7-11-22(21)27)26(31)32-16-23(29)20-14-12-19(13-15-20)18-8-4-3-5-9-18/h3-15,17,24H,16H2,1-2H3,(H,28,30)/t24-/m0/s1. The molecule has 0 fully saturated rings. The summed E-state index contributed by atoms with van der Waals surface area (Å²) in [4.78, 5) is 37.6. The zero-order chi connectivity index (χ0) is 23.1. The number of nitrogens with one attached hydrogen (secondary N) is 1. The quantitative estimate of drug-likeness (QED) is 0.379. The Bertz CT molecular complexity index is 1090. The maximum atomic E-state index is 12.6. The van der Waals surface area contributed by atoms with Gasteiger partial charge in [-0.2, -0.15) is 0 Å². The van der Waals surface area contributed by atoms with Crippen molar-refractivity contribution in [3.05, 3.63) is 95.0 Å². The first-order valence-corrected chi connectivity index (χ1v) is 10.7. The lowest BCUT2D eigenvalue weighted by molar-refractivity contribution is -0.145. The Labute approximate surface area is 192 Å². The predicted octanol–water partition coefficient (Wildman–Crippen LogP) is 5.19. The van der Waals surface area contributed by atoms with Crippen molar-refractivity contribution in [3.63, 3.8) is 0 Å². The van der Waals surface area contributed by atoms with E-state index in [0.29, 0.717) is 5.56 Å². The normalized spacial score (nSPS) is 11.6. The number of amides is 1. The summed E-state index contributed by atoms with van der Waals surface area (Å²) in [6, 6.07) is 22.6. The van der Waals surface area contributed by atoms with Crippen molar-refractivity contribution in [3.8, 4) is 11.1 Å². The van der Waals surface area contributed by atoms with Gasteiger partial charge >= 0.3 is 5.97 Å². The predicted molar refractivity (Wildman–Crippen MR) is 125 cm³/mol. The molecule has 3 rings (SSSR count). The maximum absolute atomic E-state index is 12.6. The number of hydrogen-bond donors (Lipinski definition) is 1. The first-order valence-electron chi connectivity index (χ1n) is 10.3. The molecule has 0 aliphatic carbocycles. The van der Waals surface area contributed by atoms with Gasteiger partial charge in [-0.05, 0) is 29.2 Å². The van der Waals surface area contributed by atoms with Gasteiger partial charge in [-0.25, -0.2) is 4.79 Å². The Morgan fingerprint density at radius 1 is 0.844 bits per heavy atom. The molecule has 6 heteroatoms. The molecule has 1 amide bonds. The highest BCUT2D eigenvalue weighted by atomic mass is 35.5. The lowest BCUT2D eigenvalue weighted by Crippen LogP contribution is -2.45. The van der Waals surface area contributed by atoms with Gasteiger partial charge in [-0.3, -0.25) is 9.59 Å². The molecule has 0 radical (unpaired) electrons. The van der Waals surface area contributed by atoms with Crippen molar-refractivity contribution >= 4 is 29.3 Å². The zero-order valence-corrected chi connectivity index (χ0v) is 18.6. The van der Waals surface area contributed by atoms with Crippen LogP contribution in [-0.4, -0.2) is 30.3 Å². The number of ether oxygens (including phenoxy) is 1. The molecule has 1 N–H and O–H groups in total. The van der Waals surface area contributed by atoms with E-state index in [0.717, 1.165) is 11.1 Å². The molecule has 164 valence electrons. The molecular weight excluding hydrogens is 426 g/mol. The molecule has 0 aromatic heterocycles. The summed E-state index contributed by atoms with van der Waals surface area (Å²) in [5, 5.41) is 2.94. The van der Waals surface area contributed by atoms with Gasteiger partial charge in [0.05, 0.1) is 10.6 Å². The van der Waals surface area contributed by atoms with Crippen molar-refractivity contribution < 1.29 is 19.1 Å². The van der Waals surface area contributed by atoms with Gasteiger partial charge in [-0.15, -0.1) is 0 Å². The maximum Gasteiger partial charge on any atom is 0.329 e. The fourth-order valence-electron chi connectivity index (χ4n) is 3.15. The number of rotatable bonds is 8. The van der Waals surface area contributed by atoms with Crippen molar-refractivity contribution in [2.24, 2.45) is 5.92 Å². The third-order valence-electron chi connectivity index (χ3n) is 4.99. The molecule has 0 aliphatic rings. The molecule has 0 heterocycles. The van der Waals surface area contributed by atoms with Gasteiger partial charge < -0.3 is 10.1 Å². The smallest absolute Gasteiger partial charge is 0.329 e. The average Bonchev–Trinajstić information content (AvgIpc) is 2.81. The van der Waals surface area contributed by atoms with Gasteiger partial charge in [0.15, 0.2) is 12.4 Å². The van der Waals surface area contributed by atoms with Crippen LogP contribution in [0.25, 0.3) is 11.1 Å². The monoisotopic (exact) mass is 449 g/mol. The van der Waals surface area contributed by atoms with Crippen LogP contribution in [0, 0.1) is 5.92 Å². The van der Waals surface area contributed by atoms with Gasteiger partial charge in [0, 0.05) is 5.56 Å². The van der Waals surface area contributed by atoms with Crippen molar-refractivity contribution in [2.75, 3.05) is 6.61 Å². The van der Waals surface area contributed by atoms with Crippen LogP contribution >= 0.6 is 11.6 Å². The van der Waals surface area contributed by atoms with Gasteiger partial charge in [0.25, 0.3) is 5.91 Å². The van der Waals surface area contributed by atoms with E-state index >= 15 is 0 Å². The minimum absolute atomic E-state index is 0.241. The fourth-order valence-corrected chi connectivity index (χ4v) is 3.37. The molecule has 0 saturated heterocycles. The van der Waals surface area contributed by atoms with Gasteiger partial charge in [0.2, 0.25) is 0 Å². The summed E-state index contributed by atoms with van der Waals surface area (Å²) in [6.45, 7) is 3.15. The lowest BCUT2D eigenvalue weighted by atomic mass is 10.0. The van der Waals surface area contributed by atoms with E-state index in [1.54, 1.807) is 50.2 Å². The number of ketones is 1. The minimum atomic E-state index is -0.910. The molecule has 3 aromatic rings. The fraction of sp³-hybridized carbons (Fsp3) is 0.192. The second kappa shape index (κ2) is 10.7. The van der Waals surface area contributed by atoms with Crippen LogP contribution < -0.4 is 5.32 Å². The number of halogens is 1. The largest absolute Gasteiger partial charge is 0.456 e. The summed E-state index contributed by atoms with van der Waals surface area (Å²) in [5.74, 6) is -1.71. The van der Waals surface area contributed by atoms with E-state index in [4.69, 9.17) is 16.3 Å². The van der Waals surface area contributed by atoms with Crippen LogP contribution in [0.4, 0.5) is 0 Å². The number of Topliss-reactive ketones (excluding diaryl/α,β-unsaturated/α-hetero) is 1. The lowest BCUT2D eigenvalue weighted by Gasteiger charge is -2.21. The summed E-state index contributed by atoms with van der Waals surface area (Å²) in [7, 11) is 0. The summed E-state index contributed by atoms with van der Waals surface area (Å²) < 4.78 is 5.23. The number of benzene rings is 3. The van der Waals surface area contributed by atoms with E-state index in [1.807, 2.05) is 42.5 Å². The zero-order valence-electron chi connectivity index (χ0n) is 17.9. The molecular formula is C26H24ClNO4. The van der Waals surface area contributed by atoms with Crippen LogP contribution in [0.3, 0.4) is 0 Å². The summed E-state index contributed by atoms with van der Waals surface area (Å²) in [6.07, 6.45) is 0. The average molecular weight is 450 g/mol. The first kappa shape index (κ1) is 23.2. The third-order valence-corrected chi connectivity index (χ3v) is 5.31. The van der Waals surface area contributed by atoms with E-state index < -0.39 is 24.5 Å². The van der Waals surface area contributed by atoms with Gasteiger partial charge in [-0.1, -0.05) is 92.2 Å². The van der Waals surface area contributed by atoms with E-state index in [-0.39, 0.29) is 22.3 Å². The molecule has 0 spiro atoms. The second-order valence-corrected chi connectivity index (χ2v) is 8.06. The van der Waals surface area contributed by atoms with Crippen LogP contribution in [-0.2, 0) is 9.53 Å². The van der Waals surface area contributed by atoms with E-state index in [2.05, 4.69) is 5.32 Å². The molecule has 1 atom stereocenters. The van der Waals surface area contributed by atoms with Crippen LogP contribution in [0.5, 0.6) is 0 Å². The third kappa shape index (κ3) is 5.83. The number of hydrogen-bond acceptors (Lipinski definition) is 4. The Morgan fingerprint density at radius 3 is 2.06 bits per heavy atom. The second-order valence-electron chi connectivity index (χ2n) is 7.65. The van der Waals surface area contributed by atoms with Crippen molar-refractivity contribution in [2.45, 2.75) is 19.9 Å².